The van der Waals surface area contributed by atoms with Crippen molar-refractivity contribution in [3.8, 4) is 17.2 Å². The van der Waals surface area contributed by atoms with E-state index in [9.17, 15) is 5.11 Å². The molecule has 0 heterocycles. The van der Waals surface area contributed by atoms with Crippen LogP contribution in [-0.4, -0.2) is 19.3 Å². The molecule has 0 atom stereocenters. The molecule has 120 valence electrons. The summed E-state index contributed by atoms with van der Waals surface area (Å²) in [7, 11) is 3.22. The van der Waals surface area contributed by atoms with E-state index in [-0.39, 0.29) is 5.75 Å². The Labute approximate surface area is 129 Å². The van der Waals surface area contributed by atoms with Gasteiger partial charge in [-0.15, -0.1) is 0 Å². The van der Waals surface area contributed by atoms with Crippen LogP contribution in [0.4, 0.5) is 0 Å². The monoisotopic (exact) mass is 294 g/mol. The molecular formula is C18H30O3. The van der Waals surface area contributed by atoms with Gasteiger partial charge in [0, 0.05) is 11.1 Å². The number of ether oxygens (including phenoxy) is 2. The number of hydrogen-bond donors (Lipinski definition) is 1. The SMILES string of the molecule is CCCCCCc1c(O)c(OC)c(OC)c(CC)c1CC. The maximum atomic E-state index is 10.6. The third-order valence-corrected chi connectivity index (χ3v) is 4.11. The summed E-state index contributed by atoms with van der Waals surface area (Å²) in [6.07, 6.45) is 7.46. The van der Waals surface area contributed by atoms with Gasteiger partial charge in [0.2, 0.25) is 5.75 Å². The smallest absolute Gasteiger partial charge is 0.203 e. The highest BCUT2D eigenvalue weighted by atomic mass is 16.5. The number of benzene rings is 1. The second-order valence-electron chi connectivity index (χ2n) is 5.37. The van der Waals surface area contributed by atoms with Crippen LogP contribution in [0.1, 0.15) is 63.1 Å². The molecule has 1 aromatic rings. The van der Waals surface area contributed by atoms with E-state index >= 15 is 0 Å². The third kappa shape index (κ3) is 3.84. The maximum Gasteiger partial charge on any atom is 0.203 e. The van der Waals surface area contributed by atoms with Crippen LogP contribution in [0.3, 0.4) is 0 Å². The highest BCUT2D eigenvalue weighted by Crippen LogP contribution is 2.45. The molecule has 1 rings (SSSR count). The number of hydrogen-bond acceptors (Lipinski definition) is 3. The van der Waals surface area contributed by atoms with Crippen LogP contribution in [-0.2, 0) is 19.3 Å². The van der Waals surface area contributed by atoms with Crippen LogP contribution < -0.4 is 9.47 Å². The fourth-order valence-electron chi connectivity index (χ4n) is 3.05. The first kappa shape index (κ1) is 17.7. The van der Waals surface area contributed by atoms with Crippen LogP contribution >= 0.6 is 0 Å². The molecule has 0 aliphatic heterocycles. The lowest BCUT2D eigenvalue weighted by molar-refractivity contribution is 0.328. The Hall–Kier alpha value is -1.38. The Morgan fingerprint density at radius 2 is 1.38 bits per heavy atom. The topological polar surface area (TPSA) is 38.7 Å². The lowest BCUT2D eigenvalue weighted by atomic mass is 9.91. The molecule has 0 radical (unpaired) electrons. The number of phenolic OH excluding ortho intramolecular Hbond substituents is 1. The standard InChI is InChI=1S/C18H30O3/c1-6-9-10-11-12-15-13(7-2)14(8-3)17(20-4)18(21-5)16(15)19/h19H,6-12H2,1-5H3. The van der Waals surface area contributed by atoms with Crippen molar-refractivity contribution in [2.75, 3.05) is 14.2 Å². The molecule has 3 heteroatoms. The van der Waals surface area contributed by atoms with E-state index in [0.29, 0.717) is 11.5 Å². The molecular weight excluding hydrogens is 264 g/mol. The Kier molecular flexibility index (Phi) is 7.41. The van der Waals surface area contributed by atoms with E-state index in [4.69, 9.17) is 9.47 Å². The second-order valence-corrected chi connectivity index (χ2v) is 5.37. The molecule has 0 bridgehead atoms. The van der Waals surface area contributed by atoms with E-state index in [1.54, 1.807) is 14.2 Å². The summed E-state index contributed by atoms with van der Waals surface area (Å²) >= 11 is 0. The first-order chi connectivity index (χ1) is 10.2. The maximum absolute atomic E-state index is 10.6. The van der Waals surface area contributed by atoms with E-state index < -0.39 is 0 Å². The van der Waals surface area contributed by atoms with Gasteiger partial charge in [-0.1, -0.05) is 40.0 Å². The van der Waals surface area contributed by atoms with Crippen molar-refractivity contribution in [3.05, 3.63) is 16.7 Å². The summed E-state index contributed by atoms with van der Waals surface area (Å²) in [6, 6.07) is 0. The zero-order valence-electron chi connectivity index (χ0n) is 14.2. The largest absolute Gasteiger partial charge is 0.504 e. The van der Waals surface area contributed by atoms with Crippen LogP contribution in [0, 0.1) is 0 Å². The van der Waals surface area contributed by atoms with Crippen LogP contribution in [0.25, 0.3) is 0 Å². The van der Waals surface area contributed by atoms with Crippen molar-refractivity contribution < 1.29 is 14.6 Å². The summed E-state index contributed by atoms with van der Waals surface area (Å²) in [5.74, 6) is 1.43. The average Bonchev–Trinajstić information content (AvgIpc) is 2.51. The molecule has 0 saturated heterocycles. The van der Waals surface area contributed by atoms with Gasteiger partial charge in [0.15, 0.2) is 11.5 Å². The average molecular weight is 294 g/mol. The summed E-state index contributed by atoms with van der Waals surface area (Å²) in [5.41, 5.74) is 3.44. The molecule has 0 aromatic heterocycles. The van der Waals surface area contributed by atoms with Crippen LogP contribution in [0.5, 0.6) is 17.2 Å². The molecule has 0 spiro atoms. The van der Waals surface area contributed by atoms with Gasteiger partial charge in [0.05, 0.1) is 14.2 Å². The molecule has 0 aliphatic rings. The minimum absolute atomic E-state index is 0.264. The van der Waals surface area contributed by atoms with Crippen molar-refractivity contribution in [1.29, 1.82) is 0 Å². The molecule has 3 nitrogen and oxygen atoms in total. The van der Waals surface area contributed by atoms with Crippen molar-refractivity contribution in [2.45, 2.75) is 65.7 Å². The Balaban J connectivity index is 3.26. The van der Waals surface area contributed by atoms with Gasteiger partial charge >= 0.3 is 0 Å². The van der Waals surface area contributed by atoms with Gasteiger partial charge in [0.25, 0.3) is 0 Å². The highest BCUT2D eigenvalue weighted by molar-refractivity contribution is 5.63. The summed E-state index contributed by atoms with van der Waals surface area (Å²) in [5, 5.41) is 10.6. The van der Waals surface area contributed by atoms with Crippen molar-refractivity contribution in [3.63, 3.8) is 0 Å². The molecule has 0 amide bonds. The van der Waals surface area contributed by atoms with Gasteiger partial charge < -0.3 is 14.6 Å². The fourth-order valence-corrected chi connectivity index (χ4v) is 3.05. The molecule has 1 aromatic carbocycles. The summed E-state index contributed by atoms with van der Waals surface area (Å²) in [6.45, 7) is 6.46. The van der Waals surface area contributed by atoms with E-state index in [0.717, 1.165) is 31.2 Å². The van der Waals surface area contributed by atoms with Gasteiger partial charge in [0.1, 0.15) is 0 Å². The molecule has 21 heavy (non-hydrogen) atoms. The van der Waals surface area contributed by atoms with E-state index in [1.807, 2.05) is 0 Å². The predicted octanol–water partition coefficient (Wildman–Crippen LogP) is 4.66. The Morgan fingerprint density at radius 3 is 1.86 bits per heavy atom. The van der Waals surface area contributed by atoms with Crippen molar-refractivity contribution in [2.24, 2.45) is 0 Å². The lowest BCUT2D eigenvalue weighted by Crippen LogP contribution is -2.05. The van der Waals surface area contributed by atoms with Crippen molar-refractivity contribution in [1.82, 2.24) is 0 Å². The quantitative estimate of drug-likeness (QED) is 0.673. The zero-order valence-corrected chi connectivity index (χ0v) is 14.2. The number of unbranched alkanes of at least 4 members (excludes halogenated alkanes) is 3. The number of phenols is 1. The van der Waals surface area contributed by atoms with Gasteiger partial charge in [-0.2, -0.15) is 0 Å². The third-order valence-electron chi connectivity index (χ3n) is 4.11. The highest BCUT2D eigenvalue weighted by Gasteiger charge is 2.23. The summed E-state index contributed by atoms with van der Waals surface area (Å²) < 4.78 is 10.9. The first-order valence-corrected chi connectivity index (χ1v) is 8.13. The van der Waals surface area contributed by atoms with Crippen LogP contribution in [0.15, 0.2) is 0 Å². The second kappa shape index (κ2) is 8.81. The molecule has 0 unspecified atom stereocenters. The van der Waals surface area contributed by atoms with Crippen LogP contribution in [0.2, 0.25) is 0 Å². The van der Waals surface area contributed by atoms with Gasteiger partial charge in [-0.25, -0.2) is 0 Å². The predicted molar refractivity (Wildman–Crippen MR) is 87.8 cm³/mol. The molecule has 1 N–H and O–H groups in total. The molecule has 0 saturated carbocycles. The molecule has 0 aliphatic carbocycles. The molecule has 0 fully saturated rings. The Bertz CT molecular complexity index is 453. The minimum atomic E-state index is 0.264. The van der Waals surface area contributed by atoms with Gasteiger partial charge in [-0.05, 0) is 31.2 Å². The minimum Gasteiger partial charge on any atom is -0.504 e. The first-order valence-electron chi connectivity index (χ1n) is 8.13. The fraction of sp³-hybridized carbons (Fsp3) is 0.667. The van der Waals surface area contributed by atoms with Crippen molar-refractivity contribution >= 4 is 0 Å². The van der Waals surface area contributed by atoms with Gasteiger partial charge in [-0.3, -0.25) is 0 Å². The zero-order chi connectivity index (χ0) is 15.8. The number of methoxy groups -OCH3 is 2. The number of rotatable bonds is 9. The lowest BCUT2D eigenvalue weighted by Gasteiger charge is -2.21. The van der Waals surface area contributed by atoms with E-state index in [1.165, 1.54) is 30.4 Å². The summed E-state index contributed by atoms with van der Waals surface area (Å²) in [4.78, 5) is 0. The number of aromatic hydroxyl groups is 1. The normalized spacial score (nSPS) is 10.7. The van der Waals surface area contributed by atoms with E-state index in [2.05, 4.69) is 20.8 Å². The Morgan fingerprint density at radius 1 is 0.762 bits per heavy atom.